The fourth-order valence-electron chi connectivity index (χ4n) is 1.40. The maximum atomic E-state index is 10.9. The Morgan fingerprint density at radius 2 is 2.20 bits per heavy atom. The number of nitrogens with zero attached hydrogens (tertiary/aromatic N) is 1. The molecule has 0 atom stereocenters. The van der Waals surface area contributed by atoms with E-state index < -0.39 is 5.97 Å². The first-order chi connectivity index (χ1) is 7.13. The van der Waals surface area contributed by atoms with Crippen molar-refractivity contribution >= 4 is 21.9 Å². The Kier molecular flexibility index (Phi) is 3.87. The zero-order valence-corrected chi connectivity index (χ0v) is 9.84. The Balaban J connectivity index is 3.42. The van der Waals surface area contributed by atoms with Crippen LogP contribution < -0.4 is 0 Å². The van der Waals surface area contributed by atoms with Crippen molar-refractivity contribution in [3.05, 3.63) is 34.4 Å². The average Bonchev–Trinajstić information content (AvgIpc) is 2.26. The van der Waals surface area contributed by atoms with E-state index in [1.165, 1.54) is 0 Å². The van der Waals surface area contributed by atoms with Gasteiger partial charge in [-0.05, 0) is 29.7 Å². The minimum absolute atomic E-state index is 0.266. The largest absolute Gasteiger partial charge is 0.478 e. The second kappa shape index (κ2) is 4.94. The molecule has 0 saturated heterocycles. The molecule has 1 rings (SSSR count). The number of nitriles is 1. The first-order valence-electron chi connectivity index (χ1n) is 4.49. The fourth-order valence-corrected chi connectivity index (χ4v) is 1.86. The van der Waals surface area contributed by atoms with Crippen LogP contribution in [0.4, 0.5) is 0 Å². The molecule has 0 bridgehead atoms. The Morgan fingerprint density at radius 1 is 1.53 bits per heavy atom. The van der Waals surface area contributed by atoms with Crippen LogP contribution in [0.25, 0.3) is 0 Å². The second-order valence-electron chi connectivity index (χ2n) is 3.07. The van der Waals surface area contributed by atoms with Crippen LogP contribution in [0.1, 0.15) is 34.0 Å². The lowest BCUT2D eigenvalue weighted by Gasteiger charge is -2.07. The first-order valence-corrected chi connectivity index (χ1v) is 5.61. The summed E-state index contributed by atoms with van der Waals surface area (Å²) in [7, 11) is 0. The number of aromatic carboxylic acids is 1. The molecule has 1 aromatic rings. The number of rotatable bonds is 3. The third-order valence-corrected chi connectivity index (χ3v) is 2.81. The van der Waals surface area contributed by atoms with Gasteiger partial charge in [0.1, 0.15) is 0 Å². The van der Waals surface area contributed by atoms with Crippen LogP contribution in [0.3, 0.4) is 0 Å². The molecule has 1 aromatic carbocycles. The van der Waals surface area contributed by atoms with Crippen LogP contribution in [0, 0.1) is 11.3 Å². The summed E-state index contributed by atoms with van der Waals surface area (Å²) in [6, 6.07) is 5.29. The highest BCUT2D eigenvalue weighted by Crippen LogP contribution is 2.19. The third kappa shape index (κ3) is 2.37. The van der Waals surface area contributed by atoms with E-state index in [-0.39, 0.29) is 5.56 Å². The summed E-state index contributed by atoms with van der Waals surface area (Å²) in [5.41, 5.74) is 2.23. The third-order valence-electron chi connectivity index (χ3n) is 2.20. The summed E-state index contributed by atoms with van der Waals surface area (Å²) in [6.07, 6.45) is 0.658. The van der Waals surface area contributed by atoms with Gasteiger partial charge in [-0.3, -0.25) is 0 Å². The molecule has 0 unspecified atom stereocenters. The SMILES string of the molecule is CCc1cc(C(=O)O)c(CBr)cc1C#N. The summed E-state index contributed by atoms with van der Waals surface area (Å²) < 4.78 is 0. The van der Waals surface area contributed by atoms with Crippen molar-refractivity contribution in [3.63, 3.8) is 0 Å². The van der Waals surface area contributed by atoms with Crippen LogP contribution in [0.2, 0.25) is 0 Å². The summed E-state index contributed by atoms with van der Waals surface area (Å²) in [4.78, 5) is 10.9. The molecule has 0 heterocycles. The molecule has 0 saturated carbocycles. The Hall–Kier alpha value is -1.34. The number of halogens is 1. The highest BCUT2D eigenvalue weighted by Gasteiger charge is 2.13. The highest BCUT2D eigenvalue weighted by molar-refractivity contribution is 9.08. The van der Waals surface area contributed by atoms with E-state index in [0.717, 1.165) is 5.56 Å². The number of hydrogen-bond acceptors (Lipinski definition) is 2. The topological polar surface area (TPSA) is 61.1 Å². The number of benzene rings is 1. The van der Waals surface area contributed by atoms with Gasteiger partial charge < -0.3 is 5.11 Å². The van der Waals surface area contributed by atoms with Gasteiger partial charge in [-0.2, -0.15) is 5.26 Å². The summed E-state index contributed by atoms with van der Waals surface area (Å²) in [5, 5.41) is 18.3. The zero-order chi connectivity index (χ0) is 11.4. The molecule has 0 fully saturated rings. The Morgan fingerprint density at radius 3 is 2.60 bits per heavy atom. The molecule has 78 valence electrons. The molecule has 1 N–H and O–H groups in total. The predicted octanol–water partition coefficient (Wildman–Crippen LogP) is 2.71. The average molecular weight is 268 g/mol. The zero-order valence-electron chi connectivity index (χ0n) is 8.25. The minimum atomic E-state index is -0.955. The molecule has 0 spiro atoms. The molecule has 0 radical (unpaired) electrons. The molecule has 0 aliphatic carbocycles. The van der Waals surface area contributed by atoms with Gasteiger partial charge in [0, 0.05) is 5.33 Å². The van der Waals surface area contributed by atoms with E-state index in [1.807, 2.05) is 6.92 Å². The molecular weight excluding hydrogens is 258 g/mol. The predicted molar refractivity (Wildman–Crippen MR) is 60.1 cm³/mol. The van der Waals surface area contributed by atoms with Crippen molar-refractivity contribution in [2.75, 3.05) is 0 Å². The summed E-state index contributed by atoms with van der Waals surface area (Å²) in [6.45, 7) is 1.90. The quantitative estimate of drug-likeness (QED) is 0.857. The Bertz CT molecular complexity index is 435. The van der Waals surface area contributed by atoms with Crippen LogP contribution >= 0.6 is 15.9 Å². The number of carbonyl (C=O) groups is 1. The first kappa shape index (κ1) is 11.7. The molecule has 0 aliphatic heterocycles. The lowest BCUT2D eigenvalue weighted by Crippen LogP contribution is -2.04. The van der Waals surface area contributed by atoms with Gasteiger partial charge in [0.15, 0.2) is 0 Å². The van der Waals surface area contributed by atoms with Crippen molar-refractivity contribution in [1.82, 2.24) is 0 Å². The van der Waals surface area contributed by atoms with Crippen molar-refractivity contribution in [3.8, 4) is 6.07 Å². The lowest BCUT2D eigenvalue weighted by molar-refractivity contribution is 0.0696. The van der Waals surface area contributed by atoms with Gasteiger partial charge in [0.05, 0.1) is 17.2 Å². The van der Waals surface area contributed by atoms with Gasteiger partial charge in [0.25, 0.3) is 0 Å². The van der Waals surface area contributed by atoms with Crippen molar-refractivity contribution < 1.29 is 9.90 Å². The summed E-state index contributed by atoms with van der Waals surface area (Å²) in [5.74, 6) is -0.955. The molecule has 15 heavy (non-hydrogen) atoms. The molecular formula is C11H10BrNO2. The van der Waals surface area contributed by atoms with E-state index in [2.05, 4.69) is 22.0 Å². The number of alkyl halides is 1. The monoisotopic (exact) mass is 267 g/mol. The van der Waals surface area contributed by atoms with Gasteiger partial charge in [-0.15, -0.1) is 0 Å². The maximum absolute atomic E-state index is 10.9. The number of aryl methyl sites for hydroxylation is 1. The van der Waals surface area contributed by atoms with E-state index in [9.17, 15) is 4.79 Å². The lowest BCUT2D eigenvalue weighted by atomic mass is 9.98. The molecule has 0 aliphatic rings. The summed E-state index contributed by atoms with van der Waals surface area (Å²) >= 11 is 3.21. The van der Waals surface area contributed by atoms with E-state index in [0.29, 0.717) is 22.9 Å². The molecule has 3 nitrogen and oxygen atoms in total. The van der Waals surface area contributed by atoms with Gasteiger partial charge in [-0.1, -0.05) is 22.9 Å². The van der Waals surface area contributed by atoms with Crippen LogP contribution in [0.15, 0.2) is 12.1 Å². The number of carboxylic acid groups (broad SMARTS) is 1. The number of carboxylic acids is 1. The number of hydrogen-bond donors (Lipinski definition) is 1. The normalized spacial score (nSPS) is 9.67. The maximum Gasteiger partial charge on any atom is 0.336 e. The highest BCUT2D eigenvalue weighted by atomic mass is 79.9. The van der Waals surface area contributed by atoms with E-state index in [1.54, 1.807) is 12.1 Å². The molecule has 0 amide bonds. The smallest absolute Gasteiger partial charge is 0.336 e. The van der Waals surface area contributed by atoms with Crippen molar-refractivity contribution in [2.45, 2.75) is 18.7 Å². The molecule has 4 heteroatoms. The van der Waals surface area contributed by atoms with Gasteiger partial charge in [0.2, 0.25) is 0 Å². The minimum Gasteiger partial charge on any atom is -0.478 e. The van der Waals surface area contributed by atoms with E-state index in [4.69, 9.17) is 10.4 Å². The van der Waals surface area contributed by atoms with Gasteiger partial charge >= 0.3 is 5.97 Å². The van der Waals surface area contributed by atoms with Crippen LogP contribution in [-0.2, 0) is 11.8 Å². The van der Waals surface area contributed by atoms with E-state index >= 15 is 0 Å². The fraction of sp³-hybridized carbons (Fsp3) is 0.273. The van der Waals surface area contributed by atoms with Crippen molar-refractivity contribution in [1.29, 1.82) is 5.26 Å². The second-order valence-corrected chi connectivity index (χ2v) is 3.63. The standard InChI is InChI=1S/C11H10BrNO2/c1-2-7-4-10(11(14)15)8(5-12)3-9(7)6-13/h3-4H,2,5H2,1H3,(H,14,15). The van der Waals surface area contributed by atoms with Crippen molar-refractivity contribution in [2.24, 2.45) is 0 Å². The van der Waals surface area contributed by atoms with Crippen LogP contribution in [-0.4, -0.2) is 11.1 Å². The Labute approximate surface area is 96.5 Å². The van der Waals surface area contributed by atoms with Gasteiger partial charge in [-0.25, -0.2) is 4.79 Å². The molecule has 0 aromatic heterocycles. The van der Waals surface area contributed by atoms with Crippen LogP contribution in [0.5, 0.6) is 0 Å².